The van der Waals surface area contributed by atoms with Crippen LogP contribution in [0.5, 0.6) is 0 Å². The molecule has 4 aromatic rings. The predicted molar refractivity (Wildman–Crippen MR) is 199 cm³/mol. The van der Waals surface area contributed by atoms with Gasteiger partial charge in [0.05, 0.1) is 24.2 Å². The largest absolute Gasteiger partial charge is 0.465 e. The van der Waals surface area contributed by atoms with Crippen molar-refractivity contribution in [1.29, 1.82) is 0 Å². The SMILES string of the molecule is CCCCc1nc2c(N)nc3ccccc3c2n1Cc1ccc(NC(=O)[C@H](CSCC(COC(C)=O)COC(C)=O)NC(=O)OC(C)(C)C)cc1. The number of carbonyl (C=O) groups excluding carboxylic acids is 4. The first-order chi connectivity index (χ1) is 24.2. The van der Waals surface area contributed by atoms with Crippen LogP contribution in [-0.2, 0) is 41.6 Å². The van der Waals surface area contributed by atoms with Crippen LogP contribution in [0.2, 0.25) is 0 Å². The number of thioether (sulfide) groups is 1. The van der Waals surface area contributed by atoms with Crippen LogP contribution >= 0.6 is 11.8 Å². The highest BCUT2D eigenvalue weighted by Gasteiger charge is 2.26. The third-order valence-electron chi connectivity index (χ3n) is 7.70. The quantitative estimate of drug-likeness (QED) is 0.0933. The van der Waals surface area contributed by atoms with Gasteiger partial charge in [-0.05, 0) is 51.0 Å². The molecule has 2 aromatic carbocycles. The third kappa shape index (κ3) is 11.6. The Morgan fingerprint density at radius 1 is 0.941 bits per heavy atom. The van der Waals surface area contributed by atoms with Crippen molar-refractivity contribution < 1.29 is 33.4 Å². The summed E-state index contributed by atoms with van der Waals surface area (Å²) in [4.78, 5) is 58.5. The van der Waals surface area contributed by atoms with E-state index in [-0.39, 0.29) is 24.9 Å². The number of nitrogens with two attached hydrogens (primary N) is 1. The Labute approximate surface area is 302 Å². The van der Waals surface area contributed by atoms with Crippen molar-refractivity contribution in [2.75, 3.05) is 35.8 Å². The molecule has 2 amide bonds. The molecule has 0 aliphatic rings. The lowest BCUT2D eigenvalue weighted by Gasteiger charge is -2.24. The second-order valence-corrected chi connectivity index (χ2v) is 14.4. The predicted octanol–water partition coefficient (Wildman–Crippen LogP) is 5.87. The van der Waals surface area contributed by atoms with Crippen molar-refractivity contribution in [1.82, 2.24) is 19.9 Å². The van der Waals surface area contributed by atoms with Crippen LogP contribution in [0.3, 0.4) is 0 Å². The fourth-order valence-corrected chi connectivity index (χ4v) is 6.44. The van der Waals surface area contributed by atoms with Crippen molar-refractivity contribution in [2.24, 2.45) is 5.92 Å². The van der Waals surface area contributed by atoms with E-state index >= 15 is 0 Å². The first kappa shape index (κ1) is 38.9. The van der Waals surface area contributed by atoms with Crippen LogP contribution in [0.4, 0.5) is 16.3 Å². The van der Waals surface area contributed by atoms with Crippen molar-refractivity contribution in [3.05, 3.63) is 59.9 Å². The number of aromatic nitrogens is 3. The van der Waals surface area contributed by atoms with E-state index in [4.69, 9.17) is 24.9 Å². The van der Waals surface area contributed by atoms with Crippen LogP contribution < -0.4 is 16.4 Å². The number of nitrogen functional groups attached to an aromatic ring is 1. The highest BCUT2D eigenvalue weighted by Crippen LogP contribution is 2.30. The van der Waals surface area contributed by atoms with Gasteiger partial charge >= 0.3 is 18.0 Å². The van der Waals surface area contributed by atoms with Gasteiger partial charge in [-0.3, -0.25) is 14.4 Å². The zero-order valence-electron chi connectivity index (χ0n) is 30.1. The standard InChI is InChI=1S/C37H48N6O7S/c1-7-8-13-31-42-32-33(28-11-9-10-12-29(28)40-34(32)38)43(31)18-25-14-16-27(17-15-25)39-35(46)30(41-36(47)50-37(4,5)6)22-51-21-26(19-48-23(2)44)20-49-24(3)45/h9-12,14-17,26,30H,7-8,13,18-22H2,1-6H3,(H2,38,40)(H,39,46)(H,41,47)/t30-/m0/s1. The number of anilines is 2. The van der Waals surface area contributed by atoms with Crippen LogP contribution in [0.25, 0.3) is 21.9 Å². The number of unbranched alkanes of at least 4 members (excludes halogenated alkanes) is 1. The molecular weight excluding hydrogens is 673 g/mol. The maximum atomic E-state index is 13.5. The van der Waals surface area contributed by atoms with Crippen molar-refractivity contribution in [3.8, 4) is 0 Å². The summed E-state index contributed by atoms with van der Waals surface area (Å²) in [5, 5.41) is 6.57. The van der Waals surface area contributed by atoms with Crippen LogP contribution in [0.1, 0.15) is 65.8 Å². The number of para-hydroxylation sites is 1. The summed E-state index contributed by atoms with van der Waals surface area (Å²) in [5.74, 6) is 0.272. The van der Waals surface area contributed by atoms with Crippen LogP contribution in [0.15, 0.2) is 48.5 Å². The molecule has 2 heterocycles. The Morgan fingerprint density at radius 2 is 1.61 bits per heavy atom. The average molecular weight is 721 g/mol. The second kappa shape index (κ2) is 17.9. The Morgan fingerprint density at radius 3 is 2.24 bits per heavy atom. The van der Waals surface area contributed by atoms with Crippen LogP contribution in [-0.4, -0.2) is 74.8 Å². The molecule has 51 heavy (non-hydrogen) atoms. The van der Waals surface area contributed by atoms with E-state index in [2.05, 4.69) is 27.1 Å². The normalized spacial score (nSPS) is 12.1. The van der Waals surface area contributed by atoms with Gasteiger partial charge < -0.3 is 35.1 Å². The number of rotatable bonds is 16. The smallest absolute Gasteiger partial charge is 0.408 e. The molecule has 0 unspecified atom stereocenters. The Bertz CT molecular complexity index is 1820. The maximum absolute atomic E-state index is 13.5. The lowest BCUT2D eigenvalue weighted by molar-refractivity contribution is -0.145. The molecule has 0 aliphatic heterocycles. The van der Waals surface area contributed by atoms with E-state index in [9.17, 15) is 19.2 Å². The number of aryl methyl sites for hydroxylation is 1. The molecule has 4 N–H and O–H groups in total. The summed E-state index contributed by atoms with van der Waals surface area (Å²) in [6.07, 6.45) is 2.07. The van der Waals surface area contributed by atoms with E-state index in [1.54, 1.807) is 20.8 Å². The minimum Gasteiger partial charge on any atom is -0.465 e. The molecule has 0 aliphatic carbocycles. The summed E-state index contributed by atoms with van der Waals surface area (Å²) in [6, 6.07) is 14.5. The number of ether oxygens (including phenoxy) is 3. The number of fused-ring (bicyclic) bond motifs is 3. The highest BCUT2D eigenvalue weighted by atomic mass is 32.2. The molecule has 0 saturated carbocycles. The number of hydrogen-bond donors (Lipinski definition) is 3. The van der Waals surface area contributed by atoms with E-state index in [1.807, 2.05) is 48.5 Å². The number of amides is 2. The number of esters is 2. The highest BCUT2D eigenvalue weighted by molar-refractivity contribution is 7.99. The summed E-state index contributed by atoms with van der Waals surface area (Å²) < 4.78 is 17.9. The molecule has 13 nitrogen and oxygen atoms in total. The summed E-state index contributed by atoms with van der Waals surface area (Å²) in [6.45, 7) is 10.6. The van der Waals surface area contributed by atoms with Gasteiger partial charge in [0.1, 0.15) is 23.0 Å². The Kier molecular flexibility index (Phi) is 13.7. The number of alkyl carbamates (subject to hydrolysis) is 1. The summed E-state index contributed by atoms with van der Waals surface area (Å²) >= 11 is 1.35. The minimum atomic E-state index is -0.960. The number of benzene rings is 2. The molecule has 2 aromatic heterocycles. The van der Waals surface area contributed by atoms with Gasteiger partial charge in [-0.2, -0.15) is 11.8 Å². The third-order valence-corrected chi connectivity index (χ3v) is 8.97. The number of nitrogens with zero attached hydrogens (tertiary/aromatic N) is 3. The fourth-order valence-electron chi connectivity index (χ4n) is 5.31. The lowest BCUT2D eigenvalue weighted by Crippen LogP contribution is -2.47. The van der Waals surface area contributed by atoms with Crippen LogP contribution in [0, 0.1) is 5.92 Å². The second-order valence-electron chi connectivity index (χ2n) is 13.3. The molecule has 0 fully saturated rings. The Balaban J connectivity index is 1.50. The number of nitrogens with one attached hydrogen (secondary N) is 2. The van der Waals surface area contributed by atoms with Gasteiger partial charge in [-0.25, -0.2) is 14.8 Å². The zero-order valence-corrected chi connectivity index (χ0v) is 30.9. The van der Waals surface area contributed by atoms with Crippen molar-refractivity contribution in [3.63, 3.8) is 0 Å². The van der Waals surface area contributed by atoms with Gasteiger partial charge in [-0.1, -0.05) is 43.7 Å². The molecule has 0 radical (unpaired) electrons. The van der Waals surface area contributed by atoms with Gasteiger partial charge in [-0.15, -0.1) is 0 Å². The number of imidazole rings is 1. The zero-order chi connectivity index (χ0) is 37.1. The molecule has 0 bridgehead atoms. The van der Waals surface area contributed by atoms with E-state index in [1.165, 1.54) is 25.6 Å². The fraction of sp³-hybridized carbons (Fsp3) is 0.459. The molecule has 1 atom stereocenters. The Hall–Kier alpha value is -4.85. The molecular formula is C37H48N6O7S. The lowest BCUT2D eigenvalue weighted by atomic mass is 10.1. The van der Waals surface area contributed by atoms with Gasteiger partial charge in [0, 0.05) is 55.3 Å². The molecule has 14 heteroatoms. The summed E-state index contributed by atoms with van der Waals surface area (Å²) in [7, 11) is 0. The molecule has 274 valence electrons. The van der Waals surface area contributed by atoms with Crippen molar-refractivity contribution in [2.45, 2.75) is 79.0 Å². The van der Waals surface area contributed by atoms with Gasteiger partial charge in [0.25, 0.3) is 0 Å². The van der Waals surface area contributed by atoms with Crippen molar-refractivity contribution >= 4 is 69.1 Å². The number of carbonyl (C=O) groups is 4. The monoisotopic (exact) mass is 720 g/mol. The average Bonchev–Trinajstić information content (AvgIpc) is 3.42. The van der Waals surface area contributed by atoms with Gasteiger partial charge in [0.2, 0.25) is 5.91 Å². The maximum Gasteiger partial charge on any atom is 0.408 e. The first-order valence-corrected chi connectivity index (χ1v) is 18.2. The topological polar surface area (TPSA) is 177 Å². The minimum absolute atomic E-state index is 0.0494. The molecule has 4 rings (SSSR count). The summed E-state index contributed by atoms with van der Waals surface area (Å²) in [5.41, 5.74) is 9.59. The number of hydrogen-bond acceptors (Lipinski definition) is 11. The van der Waals surface area contributed by atoms with E-state index in [0.29, 0.717) is 29.3 Å². The number of pyridine rings is 1. The van der Waals surface area contributed by atoms with Gasteiger partial charge in [0.15, 0.2) is 5.82 Å². The van der Waals surface area contributed by atoms with E-state index < -0.39 is 35.6 Å². The molecule has 0 saturated heterocycles. The molecule has 0 spiro atoms. The van der Waals surface area contributed by atoms with E-state index in [0.717, 1.165) is 47.1 Å². The first-order valence-electron chi connectivity index (χ1n) is 17.0.